The van der Waals surface area contributed by atoms with Gasteiger partial charge in [0, 0.05) is 11.3 Å². The number of para-hydroxylation sites is 1. The molecule has 0 spiro atoms. The standard InChI is InChI=1S/C21H17N5O4/c1-12-22-20(30-26-12)9-13-4-2-3-5-15(13)23-21(27)17-10-16(24-25-17)14-6-7-18-19(8-14)29-11-28-18/h2-8,10H,9,11H2,1H3,(H,23,27)(H,24,25). The van der Waals surface area contributed by atoms with E-state index in [9.17, 15) is 4.79 Å². The number of hydrogen-bond donors (Lipinski definition) is 2. The van der Waals surface area contributed by atoms with E-state index in [-0.39, 0.29) is 12.7 Å². The molecule has 9 nitrogen and oxygen atoms in total. The first-order chi connectivity index (χ1) is 14.7. The first kappa shape index (κ1) is 17.9. The summed E-state index contributed by atoms with van der Waals surface area (Å²) in [5, 5.41) is 13.8. The summed E-state index contributed by atoms with van der Waals surface area (Å²) in [7, 11) is 0. The van der Waals surface area contributed by atoms with Crippen molar-refractivity contribution in [2.45, 2.75) is 13.3 Å². The summed E-state index contributed by atoms with van der Waals surface area (Å²) in [4.78, 5) is 17.0. The van der Waals surface area contributed by atoms with Crippen LogP contribution in [0.25, 0.3) is 11.3 Å². The molecule has 3 heterocycles. The number of nitrogens with one attached hydrogen (secondary N) is 2. The second-order valence-electron chi connectivity index (χ2n) is 6.76. The highest BCUT2D eigenvalue weighted by atomic mass is 16.7. The van der Waals surface area contributed by atoms with E-state index in [1.54, 1.807) is 13.0 Å². The van der Waals surface area contributed by atoms with Crippen LogP contribution in [0.1, 0.15) is 27.8 Å². The molecule has 150 valence electrons. The minimum absolute atomic E-state index is 0.204. The fourth-order valence-electron chi connectivity index (χ4n) is 3.20. The third-order valence-corrected chi connectivity index (χ3v) is 4.67. The Kier molecular flexibility index (Phi) is 4.40. The fraction of sp³-hybridized carbons (Fsp3) is 0.143. The largest absolute Gasteiger partial charge is 0.454 e. The molecule has 0 bridgehead atoms. The van der Waals surface area contributed by atoms with E-state index in [0.29, 0.717) is 46.7 Å². The zero-order valence-electron chi connectivity index (χ0n) is 16.0. The number of hydrogen-bond acceptors (Lipinski definition) is 7. The van der Waals surface area contributed by atoms with Crippen LogP contribution in [-0.2, 0) is 6.42 Å². The third-order valence-electron chi connectivity index (χ3n) is 4.67. The summed E-state index contributed by atoms with van der Waals surface area (Å²) < 4.78 is 15.9. The number of anilines is 1. The fourth-order valence-corrected chi connectivity index (χ4v) is 3.20. The summed E-state index contributed by atoms with van der Waals surface area (Å²) >= 11 is 0. The van der Waals surface area contributed by atoms with Crippen molar-refractivity contribution >= 4 is 11.6 Å². The van der Waals surface area contributed by atoms with E-state index in [1.165, 1.54) is 0 Å². The molecule has 5 rings (SSSR count). The van der Waals surface area contributed by atoms with Gasteiger partial charge in [0.25, 0.3) is 5.91 Å². The lowest BCUT2D eigenvalue weighted by Crippen LogP contribution is -2.14. The van der Waals surface area contributed by atoms with Crippen molar-refractivity contribution in [2.24, 2.45) is 0 Å². The average molecular weight is 403 g/mol. The van der Waals surface area contributed by atoms with Crippen molar-refractivity contribution in [3.8, 4) is 22.8 Å². The Hall–Kier alpha value is -4.14. The lowest BCUT2D eigenvalue weighted by Gasteiger charge is -2.08. The number of benzene rings is 2. The smallest absolute Gasteiger partial charge is 0.273 e. The number of aromatic nitrogens is 4. The van der Waals surface area contributed by atoms with Gasteiger partial charge in [-0.3, -0.25) is 9.89 Å². The lowest BCUT2D eigenvalue weighted by atomic mass is 10.1. The lowest BCUT2D eigenvalue weighted by molar-refractivity contribution is 0.102. The summed E-state index contributed by atoms with van der Waals surface area (Å²) in [5.74, 6) is 2.11. The zero-order chi connectivity index (χ0) is 20.5. The van der Waals surface area contributed by atoms with Gasteiger partial charge in [-0.05, 0) is 42.8 Å². The van der Waals surface area contributed by atoms with Gasteiger partial charge in [-0.15, -0.1) is 0 Å². The molecule has 0 atom stereocenters. The van der Waals surface area contributed by atoms with Crippen molar-refractivity contribution in [3.05, 3.63) is 71.5 Å². The Morgan fingerprint density at radius 1 is 1.13 bits per heavy atom. The maximum Gasteiger partial charge on any atom is 0.273 e. The topological polar surface area (TPSA) is 115 Å². The van der Waals surface area contributed by atoms with Crippen molar-refractivity contribution < 1.29 is 18.8 Å². The number of carbonyl (C=O) groups is 1. The molecule has 2 aromatic heterocycles. The zero-order valence-corrected chi connectivity index (χ0v) is 16.0. The Morgan fingerprint density at radius 2 is 2.00 bits per heavy atom. The van der Waals surface area contributed by atoms with Gasteiger partial charge in [0.05, 0.1) is 12.1 Å². The van der Waals surface area contributed by atoms with Gasteiger partial charge in [0.15, 0.2) is 17.3 Å². The number of rotatable bonds is 5. The van der Waals surface area contributed by atoms with Crippen LogP contribution in [0.15, 0.2) is 53.1 Å². The predicted molar refractivity (Wildman–Crippen MR) is 106 cm³/mol. The Morgan fingerprint density at radius 3 is 2.87 bits per heavy atom. The molecule has 0 saturated heterocycles. The van der Waals surface area contributed by atoms with Crippen LogP contribution in [0.5, 0.6) is 11.5 Å². The average Bonchev–Trinajstić information content (AvgIpc) is 3.49. The Bertz CT molecular complexity index is 1230. The minimum Gasteiger partial charge on any atom is -0.454 e. The van der Waals surface area contributed by atoms with Gasteiger partial charge < -0.3 is 19.3 Å². The molecule has 9 heteroatoms. The molecule has 1 amide bonds. The number of aryl methyl sites for hydroxylation is 1. The second kappa shape index (κ2) is 7.36. The highest BCUT2D eigenvalue weighted by molar-refractivity contribution is 6.03. The molecule has 0 unspecified atom stereocenters. The summed E-state index contributed by atoms with van der Waals surface area (Å²) in [6.07, 6.45) is 0.419. The molecule has 4 aromatic rings. The maximum absolute atomic E-state index is 12.8. The Balaban J connectivity index is 1.34. The van der Waals surface area contributed by atoms with Crippen molar-refractivity contribution in [1.82, 2.24) is 20.3 Å². The van der Waals surface area contributed by atoms with E-state index in [4.69, 9.17) is 14.0 Å². The second-order valence-corrected chi connectivity index (χ2v) is 6.76. The number of amides is 1. The summed E-state index contributed by atoms with van der Waals surface area (Å²) in [6.45, 7) is 1.96. The molecule has 0 saturated carbocycles. The third kappa shape index (κ3) is 3.48. The van der Waals surface area contributed by atoms with E-state index in [0.717, 1.165) is 11.1 Å². The Labute approximate surface area is 171 Å². The van der Waals surface area contributed by atoms with E-state index in [2.05, 4.69) is 25.7 Å². The molecule has 1 aliphatic rings. The van der Waals surface area contributed by atoms with Gasteiger partial charge in [0.1, 0.15) is 5.69 Å². The van der Waals surface area contributed by atoms with Gasteiger partial charge >= 0.3 is 0 Å². The van der Waals surface area contributed by atoms with Gasteiger partial charge in [-0.2, -0.15) is 10.1 Å². The molecule has 0 radical (unpaired) electrons. The first-order valence-electron chi connectivity index (χ1n) is 9.29. The van der Waals surface area contributed by atoms with Crippen LogP contribution in [0.2, 0.25) is 0 Å². The molecule has 30 heavy (non-hydrogen) atoms. The number of H-pyrrole nitrogens is 1. The van der Waals surface area contributed by atoms with Crippen LogP contribution in [0.4, 0.5) is 5.69 Å². The van der Waals surface area contributed by atoms with E-state index >= 15 is 0 Å². The number of ether oxygens (including phenoxy) is 2. The van der Waals surface area contributed by atoms with E-state index < -0.39 is 0 Å². The minimum atomic E-state index is -0.302. The van der Waals surface area contributed by atoms with Gasteiger partial charge in [-0.1, -0.05) is 23.4 Å². The normalized spacial score (nSPS) is 12.2. The number of nitrogens with zero attached hydrogens (tertiary/aromatic N) is 3. The van der Waals surface area contributed by atoms with Crippen LogP contribution < -0.4 is 14.8 Å². The summed E-state index contributed by atoms with van der Waals surface area (Å²) in [5.41, 5.74) is 3.32. The molecule has 0 aliphatic carbocycles. The number of carbonyl (C=O) groups excluding carboxylic acids is 1. The van der Waals surface area contributed by atoms with Gasteiger partial charge in [-0.25, -0.2) is 0 Å². The molecule has 2 aromatic carbocycles. The van der Waals surface area contributed by atoms with Crippen molar-refractivity contribution in [3.63, 3.8) is 0 Å². The highest BCUT2D eigenvalue weighted by Gasteiger charge is 2.17. The molecule has 1 aliphatic heterocycles. The van der Waals surface area contributed by atoms with Crippen LogP contribution in [0, 0.1) is 6.92 Å². The predicted octanol–water partition coefficient (Wildman–Crippen LogP) is 3.34. The SMILES string of the molecule is Cc1noc(Cc2ccccc2NC(=O)c2cc(-c3ccc4c(c3)OCO4)n[nH]2)n1. The van der Waals surface area contributed by atoms with Crippen molar-refractivity contribution in [1.29, 1.82) is 0 Å². The highest BCUT2D eigenvalue weighted by Crippen LogP contribution is 2.35. The van der Waals surface area contributed by atoms with Gasteiger partial charge in [0.2, 0.25) is 12.7 Å². The molecule has 2 N–H and O–H groups in total. The summed E-state index contributed by atoms with van der Waals surface area (Å²) in [6, 6.07) is 14.7. The first-order valence-corrected chi connectivity index (χ1v) is 9.29. The van der Waals surface area contributed by atoms with Crippen LogP contribution in [0.3, 0.4) is 0 Å². The number of fused-ring (bicyclic) bond motifs is 1. The monoisotopic (exact) mass is 403 g/mol. The maximum atomic E-state index is 12.8. The van der Waals surface area contributed by atoms with Crippen LogP contribution in [-0.4, -0.2) is 33.0 Å². The molecule has 0 fully saturated rings. The quantitative estimate of drug-likeness (QED) is 0.525. The molecular weight excluding hydrogens is 386 g/mol. The van der Waals surface area contributed by atoms with E-state index in [1.807, 2.05) is 42.5 Å². The number of aromatic amines is 1. The molecular formula is C21H17N5O4. The van der Waals surface area contributed by atoms with Crippen molar-refractivity contribution in [2.75, 3.05) is 12.1 Å². The van der Waals surface area contributed by atoms with Crippen LogP contribution >= 0.6 is 0 Å².